The van der Waals surface area contributed by atoms with Crippen molar-refractivity contribution in [3.05, 3.63) is 58.3 Å². The van der Waals surface area contributed by atoms with E-state index < -0.39 is 11.9 Å². The molecule has 120 valence electrons. The zero-order chi connectivity index (χ0) is 16.2. The highest BCUT2D eigenvalue weighted by Gasteiger charge is 2.40. The molecule has 2 atom stereocenters. The summed E-state index contributed by atoms with van der Waals surface area (Å²) in [6.07, 6.45) is 1.16. The highest BCUT2D eigenvalue weighted by molar-refractivity contribution is 7.09. The van der Waals surface area contributed by atoms with E-state index in [4.69, 9.17) is 0 Å². The first-order valence-electron chi connectivity index (χ1n) is 7.73. The molecule has 1 amide bonds. The van der Waals surface area contributed by atoms with Crippen molar-refractivity contribution < 1.29 is 14.7 Å². The fraction of sp³-hybridized carbons (Fsp3) is 0.333. The van der Waals surface area contributed by atoms with Gasteiger partial charge in [-0.3, -0.25) is 9.59 Å². The number of amides is 1. The van der Waals surface area contributed by atoms with Crippen LogP contribution in [0.5, 0.6) is 0 Å². The van der Waals surface area contributed by atoms with Gasteiger partial charge in [0, 0.05) is 30.3 Å². The van der Waals surface area contributed by atoms with Gasteiger partial charge in [-0.05, 0) is 23.4 Å². The van der Waals surface area contributed by atoms with Gasteiger partial charge >= 0.3 is 5.97 Å². The number of aliphatic carboxylic acids is 1. The van der Waals surface area contributed by atoms with Crippen LogP contribution in [-0.2, 0) is 16.0 Å². The minimum absolute atomic E-state index is 0.0445. The number of aryl methyl sites for hydroxylation is 1. The Morgan fingerprint density at radius 3 is 2.57 bits per heavy atom. The van der Waals surface area contributed by atoms with Crippen LogP contribution in [0.3, 0.4) is 0 Å². The molecular formula is C18H19NO3S. The van der Waals surface area contributed by atoms with Gasteiger partial charge in [0.25, 0.3) is 0 Å². The molecule has 1 saturated heterocycles. The zero-order valence-corrected chi connectivity index (χ0v) is 13.5. The van der Waals surface area contributed by atoms with E-state index in [0.717, 1.165) is 12.0 Å². The van der Waals surface area contributed by atoms with Gasteiger partial charge in [0.1, 0.15) is 0 Å². The van der Waals surface area contributed by atoms with Crippen molar-refractivity contribution in [2.75, 3.05) is 13.1 Å². The summed E-state index contributed by atoms with van der Waals surface area (Å²) in [5, 5.41) is 11.5. The number of likely N-dealkylation sites (tertiary alicyclic amines) is 1. The van der Waals surface area contributed by atoms with Crippen LogP contribution >= 0.6 is 11.3 Å². The summed E-state index contributed by atoms with van der Waals surface area (Å²) in [5.74, 6) is -1.43. The van der Waals surface area contributed by atoms with Crippen LogP contribution in [0.1, 0.15) is 22.8 Å². The summed E-state index contributed by atoms with van der Waals surface area (Å²) in [7, 11) is 0. The lowest BCUT2D eigenvalue weighted by Crippen LogP contribution is -2.30. The monoisotopic (exact) mass is 329 g/mol. The first-order valence-corrected chi connectivity index (χ1v) is 8.61. The van der Waals surface area contributed by atoms with Crippen LogP contribution in [-0.4, -0.2) is 35.0 Å². The molecule has 0 aliphatic carbocycles. The van der Waals surface area contributed by atoms with Crippen molar-refractivity contribution in [2.24, 2.45) is 5.92 Å². The van der Waals surface area contributed by atoms with Crippen molar-refractivity contribution in [3.8, 4) is 0 Å². The van der Waals surface area contributed by atoms with Crippen LogP contribution < -0.4 is 0 Å². The third-order valence-electron chi connectivity index (χ3n) is 4.38. The third kappa shape index (κ3) is 3.62. The van der Waals surface area contributed by atoms with Crippen molar-refractivity contribution in [1.29, 1.82) is 0 Å². The van der Waals surface area contributed by atoms with Crippen molar-refractivity contribution >= 4 is 23.2 Å². The summed E-state index contributed by atoms with van der Waals surface area (Å²) in [6, 6.07) is 13.6. The smallest absolute Gasteiger partial charge is 0.308 e. The zero-order valence-electron chi connectivity index (χ0n) is 12.7. The first-order chi connectivity index (χ1) is 11.1. The maximum Gasteiger partial charge on any atom is 0.308 e. The van der Waals surface area contributed by atoms with Crippen molar-refractivity contribution in [2.45, 2.75) is 18.8 Å². The van der Waals surface area contributed by atoms with Crippen LogP contribution in [0, 0.1) is 5.92 Å². The highest BCUT2D eigenvalue weighted by atomic mass is 32.1. The number of thiophene rings is 1. The van der Waals surface area contributed by atoms with Gasteiger partial charge < -0.3 is 10.0 Å². The van der Waals surface area contributed by atoms with Gasteiger partial charge in [-0.15, -0.1) is 11.3 Å². The number of benzene rings is 1. The van der Waals surface area contributed by atoms with E-state index in [1.165, 1.54) is 4.88 Å². The fourth-order valence-corrected chi connectivity index (χ4v) is 3.85. The molecule has 1 aliphatic rings. The SMILES string of the molecule is O=C(O)C1CN(C(=O)CCc2cccs2)CC1c1ccccc1. The minimum atomic E-state index is -0.826. The van der Waals surface area contributed by atoms with Crippen LogP contribution in [0.15, 0.2) is 47.8 Å². The molecule has 5 heteroatoms. The van der Waals surface area contributed by atoms with Gasteiger partial charge in [0.15, 0.2) is 0 Å². The number of carbonyl (C=O) groups excluding carboxylic acids is 1. The molecule has 1 fully saturated rings. The Bertz CT molecular complexity index is 669. The summed E-state index contributed by atoms with van der Waals surface area (Å²) < 4.78 is 0. The van der Waals surface area contributed by atoms with Gasteiger partial charge in [0.2, 0.25) is 5.91 Å². The molecule has 1 aliphatic heterocycles. The molecule has 0 saturated carbocycles. The average Bonchev–Trinajstić information content (AvgIpc) is 3.23. The lowest BCUT2D eigenvalue weighted by molar-refractivity contribution is -0.141. The van der Waals surface area contributed by atoms with Crippen molar-refractivity contribution in [1.82, 2.24) is 4.90 Å². The van der Waals surface area contributed by atoms with E-state index in [9.17, 15) is 14.7 Å². The number of carbonyl (C=O) groups is 2. The minimum Gasteiger partial charge on any atom is -0.481 e. The summed E-state index contributed by atoms with van der Waals surface area (Å²) in [6.45, 7) is 0.794. The number of hydrogen-bond donors (Lipinski definition) is 1. The molecule has 23 heavy (non-hydrogen) atoms. The lowest BCUT2D eigenvalue weighted by atomic mass is 9.89. The standard InChI is InChI=1S/C18H19NO3S/c20-17(9-8-14-7-4-10-23-14)19-11-15(16(12-19)18(21)22)13-5-2-1-3-6-13/h1-7,10,15-16H,8-9,11-12H2,(H,21,22). The predicted molar refractivity (Wildman–Crippen MR) is 89.5 cm³/mol. The third-order valence-corrected chi connectivity index (χ3v) is 5.32. The number of nitrogens with zero attached hydrogens (tertiary/aromatic N) is 1. The lowest BCUT2D eigenvalue weighted by Gasteiger charge is -2.16. The summed E-state index contributed by atoms with van der Waals surface area (Å²) >= 11 is 1.65. The van der Waals surface area contributed by atoms with Crippen LogP contribution in [0.2, 0.25) is 0 Å². The number of carboxylic acid groups (broad SMARTS) is 1. The Kier molecular flexibility index (Phi) is 4.76. The second kappa shape index (κ2) is 6.96. The number of carboxylic acids is 1. The molecular weight excluding hydrogens is 310 g/mol. The Morgan fingerprint density at radius 1 is 1.13 bits per heavy atom. The Morgan fingerprint density at radius 2 is 1.91 bits per heavy atom. The van der Waals surface area contributed by atoms with Gasteiger partial charge in [-0.25, -0.2) is 0 Å². The molecule has 2 unspecified atom stereocenters. The normalized spacial score (nSPS) is 20.6. The molecule has 1 aromatic heterocycles. The molecule has 2 heterocycles. The molecule has 4 nitrogen and oxygen atoms in total. The van der Waals surface area contributed by atoms with E-state index in [2.05, 4.69) is 0 Å². The quantitative estimate of drug-likeness (QED) is 0.917. The topological polar surface area (TPSA) is 57.6 Å². The van der Waals surface area contributed by atoms with E-state index in [0.29, 0.717) is 19.5 Å². The molecule has 0 radical (unpaired) electrons. The maximum absolute atomic E-state index is 12.4. The van der Waals surface area contributed by atoms with E-state index in [1.807, 2.05) is 47.8 Å². The maximum atomic E-state index is 12.4. The van der Waals surface area contributed by atoms with Crippen LogP contribution in [0.25, 0.3) is 0 Å². The van der Waals surface area contributed by atoms with Crippen molar-refractivity contribution in [3.63, 3.8) is 0 Å². The molecule has 2 aromatic rings. The van der Waals surface area contributed by atoms with E-state index in [-0.39, 0.29) is 11.8 Å². The number of hydrogen-bond acceptors (Lipinski definition) is 3. The summed E-state index contributed by atoms with van der Waals surface area (Å²) in [5.41, 5.74) is 0.994. The van der Waals surface area contributed by atoms with Gasteiger partial charge in [-0.2, -0.15) is 0 Å². The van der Waals surface area contributed by atoms with E-state index >= 15 is 0 Å². The van der Waals surface area contributed by atoms with Gasteiger partial charge in [-0.1, -0.05) is 36.4 Å². The summed E-state index contributed by atoms with van der Waals surface area (Å²) in [4.78, 5) is 26.9. The van der Waals surface area contributed by atoms with Gasteiger partial charge in [0.05, 0.1) is 5.92 Å². The largest absolute Gasteiger partial charge is 0.481 e. The van der Waals surface area contributed by atoms with E-state index in [1.54, 1.807) is 16.2 Å². The number of rotatable bonds is 5. The molecule has 3 rings (SSSR count). The Hall–Kier alpha value is -2.14. The first kappa shape index (κ1) is 15.7. The predicted octanol–water partition coefficient (Wildman–Crippen LogP) is 3.01. The molecule has 1 aromatic carbocycles. The second-order valence-corrected chi connectivity index (χ2v) is 6.87. The van der Waals surface area contributed by atoms with Crippen LogP contribution in [0.4, 0.5) is 0 Å². The fourth-order valence-electron chi connectivity index (χ4n) is 3.14. The highest BCUT2D eigenvalue weighted by Crippen LogP contribution is 2.33. The Balaban J connectivity index is 1.67. The molecule has 1 N–H and O–H groups in total. The second-order valence-electron chi connectivity index (χ2n) is 5.84. The molecule has 0 spiro atoms. The Labute approximate surface area is 139 Å². The molecule has 0 bridgehead atoms. The average molecular weight is 329 g/mol.